The van der Waals surface area contributed by atoms with Crippen LogP contribution in [0.15, 0.2) is 30.3 Å². The second-order valence-electron chi connectivity index (χ2n) is 7.73. The summed E-state index contributed by atoms with van der Waals surface area (Å²) in [4.78, 5) is 12.7. The summed E-state index contributed by atoms with van der Waals surface area (Å²) in [6.45, 7) is 14.7. The Balaban J connectivity index is 2.17. The zero-order chi connectivity index (χ0) is 18.8. The molecule has 0 spiro atoms. The van der Waals surface area contributed by atoms with E-state index >= 15 is 0 Å². The highest BCUT2D eigenvalue weighted by atomic mass is 16.5. The molecule has 1 heterocycles. The van der Waals surface area contributed by atoms with Crippen molar-refractivity contribution in [3.63, 3.8) is 0 Å². The summed E-state index contributed by atoms with van der Waals surface area (Å²) in [6, 6.07) is 9.70. The lowest BCUT2D eigenvalue weighted by molar-refractivity contribution is 0.100. The fourth-order valence-corrected chi connectivity index (χ4v) is 3.32. The first kappa shape index (κ1) is 19.1. The van der Waals surface area contributed by atoms with Crippen molar-refractivity contribution in [2.24, 2.45) is 0 Å². The first-order valence-electron chi connectivity index (χ1n) is 8.83. The van der Waals surface area contributed by atoms with Gasteiger partial charge in [-0.2, -0.15) is 0 Å². The topological polar surface area (TPSA) is 43.3 Å². The molecule has 25 heavy (non-hydrogen) atoms. The lowest BCUT2D eigenvalue weighted by atomic mass is 10.1. The molecule has 1 aromatic carbocycles. The highest BCUT2D eigenvalue weighted by Crippen LogP contribution is 2.27. The molecule has 4 heteroatoms. The van der Waals surface area contributed by atoms with Crippen LogP contribution >= 0.6 is 0 Å². The number of aromatic nitrogens is 1. The maximum atomic E-state index is 12.7. The van der Waals surface area contributed by atoms with Gasteiger partial charge in [0.2, 0.25) is 0 Å². The molecule has 136 valence electrons. The fraction of sp³-hybridized carbons (Fsp3) is 0.476. The molecule has 0 saturated heterocycles. The highest BCUT2D eigenvalue weighted by molar-refractivity contribution is 6.00. The van der Waals surface area contributed by atoms with Gasteiger partial charge in [0, 0.05) is 22.5 Å². The van der Waals surface area contributed by atoms with Gasteiger partial charge in [-0.15, -0.1) is 0 Å². The predicted molar refractivity (Wildman–Crippen MR) is 104 cm³/mol. The van der Waals surface area contributed by atoms with Crippen molar-refractivity contribution in [2.45, 2.75) is 60.1 Å². The smallest absolute Gasteiger partial charge is 0.183 e. The van der Waals surface area contributed by atoms with Gasteiger partial charge < -0.3 is 14.6 Å². The fourth-order valence-electron chi connectivity index (χ4n) is 3.32. The van der Waals surface area contributed by atoms with Crippen molar-refractivity contribution >= 4 is 11.5 Å². The maximum absolute atomic E-state index is 12.7. The highest BCUT2D eigenvalue weighted by Gasteiger charge is 2.22. The third kappa shape index (κ3) is 4.44. The van der Waals surface area contributed by atoms with Crippen molar-refractivity contribution in [1.82, 2.24) is 4.57 Å². The van der Waals surface area contributed by atoms with Gasteiger partial charge >= 0.3 is 0 Å². The molecule has 0 radical (unpaired) electrons. The molecule has 0 atom stereocenters. The van der Waals surface area contributed by atoms with Crippen LogP contribution in [0.5, 0.6) is 5.75 Å². The predicted octanol–water partition coefficient (Wildman–Crippen LogP) is 4.94. The molecular weight excluding hydrogens is 312 g/mol. The molecule has 1 aromatic heterocycles. The number of aryl methyl sites for hydroxylation is 1. The monoisotopic (exact) mass is 342 g/mol. The number of carbonyl (C=O) groups is 1. The molecular formula is C21H30N2O2. The Morgan fingerprint density at radius 1 is 1.20 bits per heavy atom. The third-order valence-electron chi connectivity index (χ3n) is 4.09. The van der Waals surface area contributed by atoms with E-state index in [0.29, 0.717) is 0 Å². The molecule has 0 bridgehead atoms. The van der Waals surface area contributed by atoms with Gasteiger partial charge in [0.05, 0.1) is 18.3 Å². The first-order valence-corrected chi connectivity index (χ1v) is 8.83. The van der Waals surface area contributed by atoms with Crippen molar-refractivity contribution < 1.29 is 9.53 Å². The number of hydrogen-bond donors (Lipinski definition) is 1. The summed E-state index contributed by atoms with van der Waals surface area (Å²) in [5.74, 6) is 0.855. The molecule has 0 aliphatic rings. The molecule has 0 unspecified atom stereocenters. The van der Waals surface area contributed by atoms with E-state index < -0.39 is 0 Å². The Kier molecular flexibility index (Phi) is 5.61. The van der Waals surface area contributed by atoms with Crippen LogP contribution in [-0.4, -0.2) is 23.0 Å². The number of carbonyl (C=O) groups excluding carboxylic acids is 1. The summed E-state index contributed by atoms with van der Waals surface area (Å²) in [5, 5.41) is 3.23. The minimum absolute atomic E-state index is 0.0438. The summed E-state index contributed by atoms with van der Waals surface area (Å²) in [6.07, 6.45) is 0.0874. The van der Waals surface area contributed by atoms with Gasteiger partial charge in [0.15, 0.2) is 5.78 Å². The van der Waals surface area contributed by atoms with Gasteiger partial charge in [0.1, 0.15) is 5.75 Å². The Bertz CT molecular complexity index is 752. The van der Waals surface area contributed by atoms with E-state index in [1.54, 1.807) is 0 Å². The molecule has 0 aliphatic heterocycles. The first-order chi connectivity index (χ1) is 11.6. The van der Waals surface area contributed by atoms with Crippen molar-refractivity contribution in [1.29, 1.82) is 0 Å². The third-order valence-corrected chi connectivity index (χ3v) is 4.09. The van der Waals surface area contributed by atoms with E-state index in [-0.39, 0.29) is 24.0 Å². The summed E-state index contributed by atoms with van der Waals surface area (Å²) >= 11 is 0. The summed E-state index contributed by atoms with van der Waals surface area (Å²) in [7, 11) is 0. The number of para-hydroxylation sites is 2. The van der Waals surface area contributed by atoms with Crippen LogP contribution in [-0.2, 0) is 5.54 Å². The average molecular weight is 342 g/mol. The molecule has 1 N–H and O–H groups in total. The second-order valence-corrected chi connectivity index (χ2v) is 7.73. The van der Waals surface area contributed by atoms with Crippen molar-refractivity contribution in [2.75, 3.05) is 11.9 Å². The van der Waals surface area contributed by atoms with Crippen molar-refractivity contribution in [3.8, 4) is 5.75 Å². The maximum Gasteiger partial charge on any atom is 0.183 e. The minimum Gasteiger partial charge on any atom is -0.489 e. The van der Waals surface area contributed by atoms with E-state index in [1.807, 2.05) is 58.0 Å². The number of rotatable bonds is 6. The van der Waals surface area contributed by atoms with Gasteiger partial charge in [-0.3, -0.25) is 4.79 Å². The number of nitrogens with zero attached hydrogens (tertiary/aromatic N) is 1. The van der Waals surface area contributed by atoms with Gasteiger partial charge in [0.25, 0.3) is 0 Å². The quantitative estimate of drug-likeness (QED) is 0.756. The number of anilines is 1. The summed E-state index contributed by atoms with van der Waals surface area (Å²) < 4.78 is 8.02. The van der Waals surface area contributed by atoms with E-state index in [4.69, 9.17) is 4.74 Å². The molecule has 0 fully saturated rings. The van der Waals surface area contributed by atoms with Gasteiger partial charge in [-0.25, -0.2) is 0 Å². The van der Waals surface area contributed by atoms with Crippen LogP contribution in [0.2, 0.25) is 0 Å². The number of nitrogens with one attached hydrogen (secondary N) is 1. The Labute approximate surface area is 151 Å². The SMILES string of the molecule is Cc1cc(C(=O)CNc2ccccc2OC(C)C)c(C)n1C(C)(C)C. The van der Waals surface area contributed by atoms with Crippen LogP contribution in [0.25, 0.3) is 0 Å². The summed E-state index contributed by atoms with van der Waals surface area (Å²) in [5.41, 5.74) is 3.70. The largest absolute Gasteiger partial charge is 0.489 e. The van der Waals surface area contributed by atoms with Crippen LogP contribution in [0, 0.1) is 13.8 Å². The van der Waals surface area contributed by atoms with Crippen LogP contribution in [0.1, 0.15) is 56.4 Å². The molecule has 0 saturated carbocycles. The molecule has 4 nitrogen and oxygen atoms in total. The Morgan fingerprint density at radius 2 is 1.84 bits per heavy atom. The number of Topliss-reactive ketones (excluding diaryl/α,β-unsaturated/α-hetero) is 1. The van der Waals surface area contributed by atoms with E-state index in [9.17, 15) is 4.79 Å². The van der Waals surface area contributed by atoms with Crippen LogP contribution in [0.4, 0.5) is 5.69 Å². The zero-order valence-corrected chi connectivity index (χ0v) is 16.4. The van der Waals surface area contributed by atoms with Crippen LogP contribution in [0.3, 0.4) is 0 Å². The standard InChI is InChI=1S/C21H30N2O2/c1-14(2)25-20-11-9-8-10-18(20)22-13-19(24)17-12-15(3)23(16(17)4)21(5,6)7/h8-12,14,22H,13H2,1-7H3. The van der Waals surface area contributed by atoms with E-state index in [0.717, 1.165) is 28.4 Å². The number of hydrogen-bond acceptors (Lipinski definition) is 3. The van der Waals surface area contributed by atoms with E-state index in [1.165, 1.54) is 0 Å². The van der Waals surface area contributed by atoms with Crippen LogP contribution < -0.4 is 10.1 Å². The zero-order valence-electron chi connectivity index (χ0n) is 16.4. The van der Waals surface area contributed by atoms with Crippen molar-refractivity contribution in [3.05, 3.63) is 47.3 Å². The number of ketones is 1. The molecule has 2 rings (SSSR count). The van der Waals surface area contributed by atoms with Gasteiger partial charge in [-0.1, -0.05) is 12.1 Å². The number of ether oxygens (including phenoxy) is 1. The normalized spacial score (nSPS) is 11.7. The average Bonchev–Trinajstić information content (AvgIpc) is 2.80. The van der Waals surface area contributed by atoms with Gasteiger partial charge in [-0.05, 0) is 66.7 Å². The lowest BCUT2D eigenvalue weighted by Gasteiger charge is -2.25. The molecule has 2 aromatic rings. The number of benzene rings is 1. The Morgan fingerprint density at radius 3 is 2.40 bits per heavy atom. The molecule has 0 amide bonds. The Hall–Kier alpha value is -2.23. The molecule has 0 aliphatic carbocycles. The van der Waals surface area contributed by atoms with E-state index in [2.05, 4.69) is 30.7 Å². The minimum atomic E-state index is -0.0438. The lowest BCUT2D eigenvalue weighted by Crippen LogP contribution is -2.24. The second kappa shape index (κ2) is 7.34.